The quantitative estimate of drug-likeness (QED) is 0.840. The largest absolute Gasteiger partial charge is 0.347 e. The summed E-state index contributed by atoms with van der Waals surface area (Å²) in [5.41, 5.74) is 1.41. The summed E-state index contributed by atoms with van der Waals surface area (Å²) >= 11 is 0. The number of benzene rings is 2. The summed E-state index contributed by atoms with van der Waals surface area (Å²) in [6.07, 6.45) is 0. The van der Waals surface area contributed by atoms with Crippen LogP contribution >= 0.6 is 0 Å². The lowest BCUT2D eigenvalue weighted by atomic mass is 10.1. The number of hydrogen-bond acceptors (Lipinski definition) is 1. The number of nitrogens with one attached hydrogen (secondary N) is 1. The first-order valence-corrected chi connectivity index (χ1v) is 7.25. The number of carbonyl (C=O) groups is 1. The van der Waals surface area contributed by atoms with Gasteiger partial charge in [0.1, 0.15) is 11.9 Å². The van der Waals surface area contributed by atoms with Crippen molar-refractivity contribution in [2.75, 3.05) is 6.54 Å². The van der Waals surface area contributed by atoms with Gasteiger partial charge in [-0.3, -0.25) is 4.79 Å². The molecule has 2 rings (SSSR count). The fourth-order valence-corrected chi connectivity index (χ4v) is 2.09. The molecule has 2 aromatic rings. The van der Waals surface area contributed by atoms with E-state index in [1.807, 2.05) is 0 Å². The smallest absolute Gasteiger partial charge is 0.275 e. The predicted octanol–water partition coefficient (Wildman–Crippen LogP) is 2.04. The van der Waals surface area contributed by atoms with Crippen LogP contribution in [0.1, 0.15) is 24.1 Å². The van der Waals surface area contributed by atoms with E-state index < -0.39 is 11.6 Å². The Bertz CT molecular complexity index is 674. The number of nitrogens with two attached hydrogens (primary N) is 1. The predicted molar refractivity (Wildman–Crippen MR) is 79.8 cm³/mol. The molecule has 0 spiro atoms. The van der Waals surface area contributed by atoms with Crippen LogP contribution in [-0.2, 0) is 11.3 Å². The molecule has 0 aromatic heterocycles. The van der Waals surface area contributed by atoms with E-state index in [1.165, 1.54) is 18.2 Å². The molecule has 0 heterocycles. The Morgan fingerprint density at radius 3 is 2.43 bits per heavy atom. The molecule has 1 amide bonds. The van der Waals surface area contributed by atoms with E-state index in [0.717, 1.165) is 17.7 Å². The molecule has 122 valence electrons. The molecule has 23 heavy (non-hydrogen) atoms. The van der Waals surface area contributed by atoms with Gasteiger partial charge in [0.05, 0.1) is 0 Å². The fourth-order valence-electron chi connectivity index (χ4n) is 2.09. The van der Waals surface area contributed by atoms with E-state index in [4.69, 9.17) is 0 Å². The number of amides is 1. The summed E-state index contributed by atoms with van der Waals surface area (Å²) in [5, 5.41) is 4.45. The molecular formula is C17H18F3N2O+. The molecule has 0 saturated heterocycles. The third kappa shape index (κ3) is 5.10. The first-order valence-electron chi connectivity index (χ1n) is 7.25. The van der Waals surface area contributed by atoms with Crippen LogP contribution in [-0.4, -0.2) is 12.5 Å². The second-order valence-corrected chi connectivity index (χ2v) is 5.31. The van der Waals surface area contributed by atoms with Crippen LogP contribution in [0.25, 0.3) is 0 Å². The molecule has 0 bridgehead atoms. The fraction of sp³-hybridized carbons (Fsp3) is 0.235. The molecule has 0 fully saturated rings. The summed E-state index contributed by atoms with van der Waals surface area (Å²) in [4.78, 5) is 11.8. The Morgan fingerprint density at radius 2 is 1.78 bits per heavy atom. The van der Waals surface area contributed by atoms with E-state index in [1.54, 1.807) is 24.4 Å². The number of quaternary nitrogens is 1. The molecule has 1 atom stereocenters. The third-order valence-electron chi connectivity index (χ3n) is 3.53. The van der Waals surface area contributed by atoms with Gasteiger partial charge in [0, 0.05) is 12.1 Å². The van der Waals surface area contributed by atoms with Crippen molar-refractivity contribution in [3.05, 3.63) is 71.0 Å². The van der Waals surface area contributed by atoms with Gasteiger partial charge in [0.25, 0.3) is 5.91 Å². The van der Waals surface area contributed by atoms with Crippen LogP contribution < -0.4 is 10.6 Å². The van der Waals surface area contributed by atoms with E-state index in [2.05, 4.69) is 5.32 Å². The average molecular weight is 323 g/mol. The summed E-state index contributed by atoms with van der Waals surface area (Å²) < 4.78 is 38.8. The standard InChI is InChI=1S/C17H17F3N2O/c1-11(13-4-7-15(19)16(20)8-13)21-10-17(23)22-9-12-2-5-14(18)6-3-12/h2-8,11,21H,9-10H2,1H3,(H,22,23)/p+1/t11-/m1/s1. The van der Waals surface area contributed by atoms with Crippen LogP contribution in [0.15, 0.2) is 42.5 Å². The molecule has 0 aliphatic carbocycles. The van der Waals surface area contributed by atoms with E-state index in [-0.39, 0.29) is 24.3 Å². The Balaban J connectivity index is 1.79. The van der Waals surface area contributed by atoms with Crippen LogP contribution in [0.5, 0.6) is 0 Å². The third-order valence-corrected chi connectivity index (χ3v) is 3.53. The van der Waals surface area contributed by atoms with Crippen LogP contribution in [0.2, 0.25) is 0 Å². The van der Waals surface area contributed by atoms with Crippen molar-refractivity contribution in [2.24, 2.45) is 0 Å². The lowest BCUT2D eigenvalue weighted by Crippen LogP contribution is -2.87. The number of hydrogen-bond donors (Lipinski definition) is 2. The van der Waals surface area contributed by atoms with Gasteiger partial charge < -0.3 is 10.6 Å². The summed E-state index contributed by atoms with van der Waals surface area (Å²) in [7, 11) is 0. The van der Waals surface area contributed by atoms with Gasteiger partial charge in [-0.1, -0.05) is 12.1 Å². The first-order chi connectivity index (χ1) is 11.0. The second kappa shape index (κ2) is 7.78. The molecule has 0 aliphatic heterocycles. The number of halogens is 3. The minimum Gasteiger partial charge on any atom is -0.347 e. The summed E-state index contributed by atoms with van der Waals surface area (Å²) in [6, 6.07) is 9.39. The monoisotopic (exact) mass is 323 g/mol. The molecule has 3 nitrogen and oxygen atoms in total. The Hall–Kier alpha value is -2.34. The van der Waals surface area contributed by atoms with Crippen molar-refractivity contribution in [1.29, 1.82) is 0 Å². The van der Waals surface area contributed by atoms with Gasteiger partial charge in [0.2, 0.25) is 0 Å². The minimum absolute atomic E-state index is 0.154. The van der Waals surface area contributed by atoms with Gasteiger partial charge >= 0.3 is 0 Å². The minimum atomic E-state index is -0.900. The maximum absolute atomic E-state index is 13.2. The van der Waals surface area contributed by atoms with Crippen LogP contribution in [0.3, 0.4) is 0 Å². The van der Waals surface area contributed by atoms with E-state index in [9.17, 15) is 18.0 Å². The van der Waals surface area contributed by atoms with Gasteiger partial charge in [-0.2, -0.15) is 0 Å². The highest BCUT2D eigenvalue weighted by Crippen LogP contribution is 2.13. The molecule has 6 heteroatoms. The number of rotatable bonds is 6. The summed E-state index contributed by atoms with van der Waals surface area (Å²) in [5.74, 6) is -2.31. The highest BCUT2D eigenvalue weighted by atomic mass is 19.2. The molecule has 2 aromatic carbocycles. The zero-order valence-electron chi connectivity index (χ0n) is 12.7. The molecule has 0 aliphatic rings. The SMILES string of the molecule is C[C@@H]([NH2+]CC(=O)NCc1ccc(F)cc1)c1ccc(F)c(F)c1. The molecule has 0 radical (unpaired) electrons. The topological polar surface area (TPSA) is 45.7 Å². The summed E-state index contributed by atoms with van der Waals surface area (Å²) in [6.45, 7) is 2.27. The number of carbonyl (C=O) groups excluding carboxylic acids is 1. The van der Waals surface area contributed by atoms with Crippen molar-refractivity contribution >= 4 is 5.91 Å². The normalized spacial score (nSPS) is 12.0. The lowest BCUT2D eigenvalue weighted by molar-refractivity contribution is -0.682. The molecule has 3 N–H and O–H groups in total. The maximum Gasteiger partial charge on any atom is 0.275 e. The Morgan fingerprint density at radius 1 is 1.09 bits per heavy atom. The first kappa shape index (κ1) is 17.0. The van der Waals surface area contributed by atoms with Crippen LogP contribution in [0.4, 0.5) is 13.2 Å². The zero-order valence-corrected chi connectivity index (χ0v) is 12.7. The van der Waals surface area contributed by atoms with Crippen molar-refractivity contribution in [3.63, 3.8) is 0 Å². The van der Waals surface area contributed by atoms with Gasteiger partial charge in [-0.05, 0) is 42.8 Å². The van der Waals surface area contributed by atoms with E-state index in [0.29, 0.717) is 12.1 Å². The Kier molecular flexibility index (Phi) is 5.76. The maximum atomic E-state index is 13.2. The molecular weight excluding hydrogens is 305 g/mol. The van der Waals surface area contributed by atoms with Gasteiger partial charge in [-0.25, -0.2) is 13.2 Å². The highest BCUT2D eigenvalue weighted by molar-refractivity contribution is 5.76. The van der Waals surface area contributed by atoms with Gasteiger partial charge in [-0.15, -0.1) is 0 Å². The second-order valence-electron chi connectivity index (χ2n) is 5.31. The van der Waals surface area contributed by atoms with Crippen LogP contribution in [0, 0.1) is 17.5 Å². The Labute approximate surface area is 132 Å². The molecule has 0 saturated carbocycles. The van der Waals surface area contributed by atoms with Crippen molar-refractivity contribution in [2.45, 2.75) is 19.5 Å². The van der Waals surface area contributed by atoms with Crippen molar-refractivity contribution < 1.29 is 23.3 Å². The van der Waals surface area contributed by atoms with Crippen molar-refractivity contribution in [3.8, 4) is 0 Å². The van der Waals surface area contributed by atoms with E-state index >= 15 is 0 Å². The lowest BCUT2D eigenvalue weighted by Gasteiger charge is -2.11. The molecule has 0 unspecified atom stereocenters. The average Bonchev–Trinajstić information content (AvgIpc) is 2.54. The van der Waals surface area contributed by atoms with Gasteiger partial charge in [0.15, 0.2) is 18.2 Å². The highest BCUT2D eigenvalue weighted by Gasteiger charge is 2.13. The van der Waals surface area contributed by atoms with Crippen molar-refractivity contribution in [1.82, 2.24) is 5.32 Å². The zero-order chi connectivity index (χ0) is 16.8.